The normalized spacial score (nSPS) is 12.5. The molecule has 1 atom stereocenters. The second-order valence-electron chi connectivity index (χ2n) is 4.97. The highest BCUT2D eigenvalue weighted by Crippen LogP contribution is 2.25. The van der Waals surface area contributed by atoms with Gasteiger partial charge in [0.1, 0.15) is 0 Å². The molecule has 0 bridgehead atoms. The van der Waals surface area contributed by atoms with Crippen LogP contribution in [0.3, 0.4) is 0 Å². The number of benzene rings is 1. The molecule has 2 N–H and O–H groups in total. The number of halogens is 2. The molecule has 19 heavy (non-hydrogen) atoms. The average Bonchev–Trinajstić information content (AvgIpc) is 2.33. The highest BCUT2D eigenvalue weighted by Gasteiger charge is 2.11. The van der Waals surface area contributed by atoms with Crippen LogP contribution in [0.2, 0.25) is 10.0 Å². The third-order valence-electron chi connectivity index (χ3n) is 2.71. The van der Waals surface area contributed by atoms with E-state index < -0.39 is 0 Å². The van der Waals surface area contributed by atoms with E-state index in [1.807, 2.05) is 13.0 Å². The summed E-state index contributed by atoms with van der Waals surface area (Å²) in [5.74, 6) is 0.442. The monoisotopic (exact) mass is 302 g/mol. The van der Waals surface area contributed by atoms with Crippen molar-refractivity contribution in [3.8, 4) is 0 Å². The number of carbonyl (C=O) groups excluding carboxylic acids is 1. The Kier molecular flexibility index (Phi) is 6.63. The molecule has 1 aromatic carbocycles. The van der Waals surface area contributed by atoms with E-state index in [-0.39, 0.29) is 18.5 Å². The first kappa shape index (κ1) is 16.3. The molecule has 0 saturated carbocycles. The molecule has 0 heterocycles. The lowest BCUT2D eigenvalue weighted by Crippen LogP contribution is -2.36. The maximum atomic E-state index is 11.6. The van der Waals surface area contributed by atoms with Crippen molar-refractivity contribution in [1.29, 1.82) is 0 Å². The first-order valence-electron chi connectivity index (χ1n) is 6.35. The van der Waals surface area contributed by atoms with E-state index in [0.29, 0.717) is 22.5 Å². The second kappa shape index (κ2) is 7.73. The Morgan fingerprint density at radius 2 is 1.95 bits per heavy atom. The number of hydrogen-bond acceptors (Lipinski definition) is 2. The summed E-state index contributed by atoms with van der Waals surface area (Å²) in [4.78, 5) is 11.6. The van der Waals surface area contributed by atoms with Crippen LogP contribution in [0.25, 0.3) is 0 Å². The molecule has 5 heteroatoms. The Morgan fingerprint density at radius 3 is 2.53 bits per heavy atom. The topological polar surface area (TPSA) is 41.1 Å². The molecule has 0 spiro atoms. The van der Waals surface area contributed by atoms with Gasteiger partial charge in [-0.2, -0.15) is 0 Å². The van der Waals surface area contributed by atoms with Gasteiger partial charge in [-0.25, -0.2) is 0 Å². The van der Waals surface area contributed by atoms with Crippen LogP contribution in [-0.4, -0.2) is 19.0 Å². The molecule has 0 aromatic heterocycles. The first-order valence-corrected chi connectivity index (χ1v) is 7.10. The lowest BCUT2D eigenvalue weighted by molar-refractivity contribution is -0.120. The maximum Gasteiger partial charge on any atom is 0.233 e. The van der Waals surface area contributed by atoms with Gasteiger partial charge in [0.05, 0.1) is 6.54 Å². The van der Waals surface area contributed by atoms with Gasteiger partial charge in [0.25, 0.3) is 0 Å². The van der Waals surface area contributed by atoms with Gasteiger partial charge in [-0.1, -0.05) is 43.1 Å². The molecule has 1 amide bonds. The van der Waals surface area contributed by atoms with Crippen molar-refractivity contribution in [3.05, 3.63) is 33.8 Å². The van der Waals surface area contributed by atoms with Crippen LogP contribution in [-0.2, 0) is 4.79 Å². The lowest BCUT2D eigenvalue weighted by atomic mass is 10.1. The molecule has 1 rings (SSSR count). The maximum absolute atomic E-state index is 11.6. The Labute approximate surface area is 124 Å². The zero-order valence-corrected chi connectivity index (χ0v) is 13.0. The van der Waals surface area contributed by atoms with E-state index in [9.17, 15) is 4.79 Å². The fourth-order valence-corrected chi connectivity index (χ4v) is 2.16. The first-order chi connectivity index (χ1) is 8.90. The number of amides is 1. The Morgan fingerprint density at radius 1 is 1.26 bits per heavy atom. The molecule has 0 radical (unpaired) electrons. The van der Waals surface area contributed by atoms with E-state index in [4.69, 9.17) is 23.2 Å². The number of nitrogens with one attached hydrogen (secondary N) is 2. The molecule has 1 unspecified atom stereocenters. The molecule has 0 aliphatic heterocycles. The van der Waals surface area contributed by atoms with Crippen molar-refractivity contribution in [3.63, 3.8) is 0 Å². The molecule has 0 aliphatic rings. The summed E-state index contributed by atoms with van der Waals surface area (Å²) in [6.07, 6.45) is 0. The van der Waals surface area contributed by atoms with Gasteiger partial charge in [-0.05, 0) is 30.5 Å². The van der Waals surface area contributed by atoms with Crippen LogP contribution in [0, 0.1) is 5.92 Å². The van der Waals surface area contributed by atoms with Gasteiger partial charge in [0.15, 0.2) is 0 Å². The summed E-state index contributed by atoms with van der Waals surface area (Å²) in [6.45, 7) is 7.04. The quantitative estimate of drug-likeness (QED) is 0.845. The van der Waals surface area contributed by atoms with E-state index in [2.05, 4.69) is 24.5 Å². The predicted octanol–water partition coefficient (Wildman–Crippen LogP) is 3.42. The molecular formula is C14H20Cl2N2O. The van der Waals surface area contributed by atoms with Crippen LogP contribution >= 0.6 is 23.2 Å². The summed E-state index contributed by atoms with van der Waals surface area (Å²) in [7, 11) is 0. The van der Waals surface area contributed by atoms with E-state index >= 15 is 0 Å². The van der Waals surface area contributed by atoms with Gasteiger partial charge < -0.3 is 10.6 Å². The molecule has 0 saturated heterocycles. The minimum Gasteiger partial charge on any atom is -0.355 e. The van der Waals surface area contributed by atoms with Gasteiger partial charge in [-0.3, -0.25) is 4.79 Å². The van der Waals surface area contributed by atoms with E-state index in [1.165, 1.54) is 0 Å². The summed E-state index contributed by atoms with van der Waals surface area (Å²) in [5.41, 5.74) is 0.933. The minimum atomic E-state index is -0.00867. The Bertz CT molecular complexity index is 435. The standard InChI is InChI=1S/C14H20Cl2N2O/c1-9(2)7-18-14(19)8-17-10(3)12-5-4-11(15)6-13(12)16/h4-6,9-10,17H,7-8H2,1-3H3,(H,18,19). The molecule has 106 valence electrons. The Balaban J connectivity index is 2.46. The molecule has 1 aromatic rings. The van der Waals surface area contributed by atoms with Crippen molar-refractivity contribution in [1.82, 2.24) is 10.6 Å². The molecule has 0 aliphatic carbocycles. The smallest absolute Gasteiger partial charge is 0.233 e. The van der Waals surface area contributed by atoms with Gasteiger partial charge >= 0.3 is 0 Å². The van der Waals surface area contributed by atoms with Crippen molar-refractivity contribution < 1.29 is 4.79 Å². The molecular weight excluding hydrogens is 283 g/mol. The van der Waals surface area contributed by atoms with Crippen LogP contribution in [0.4, 0.5) is 0 Å². The summed E-state index contributed by atoms with van der Waals surface area (Å²) >= 11 is 12.0. The van der Waals surface area contributed by atoms with Crippen LogP contribution in [0.5, 0.6) is 0 Å². The lowest BCUT2D eigenvalue weighted by Gasteiger charge is -2.16. The van der Waals surface area contributed by atoms with Crippen LogP contribution < -0.4 is 10.6 Å². The number of hydrogen-bond donors (Lipinski definition) is 2. The largest absolute Gasteiger partial charge is 0.355 e. The SMILES string of the molecule is CC(C)CNC(=O)CNC(C)c1ccc(Cl)cc1Cl. The predicted molar refractivity (Wildman–Crippen MR) is 80.7 cm³/mol. The van der Waals surface area contributed by atoms with E-state index in [1.54, 1.807) is 12.1 Å². The highest BCUT2D eigenvalue weighted by atomic mass is 35.5. The Hall–Kier alpha value is -0.770. The van der Waals surface area contributed by atoms with Gasteiger partial charge in [-0.15, -0.1) is 0 Å². The molecule has 0 fully saturated rings. The number of carbonyl (C=O) groups is 1. The fraction of sp³-hybridized carbons (Fsp3) is 0.500. The summed E-state index contributed by atoms with van der Waals surface area (Å²) < 4.78 is 0. The summed E-state index contributed by atoms with van der Waals surface area (Å²) in [5, 5.41) is 7.21. The molecule has 3 nitrogen and oxygen atoms in total. The average molecular weight is 303 g/mol. The second-order valence-corrected chi connectivity index (χ2v) is 5.81. The van der Waals surface area contributed by atoms with Crippen molar-refractivity contribution >= 4 is 29.1 Å². The minimum absolute atomic E-state index is 0.00503. The highest BCUT2D eigenvalue weighted by molar-refractivity contribution is 6.35. The number of rotatable bonds is 6. The van der Waals surface area contributed by atoms with Gasteiger partial charge in [0.2, 0.25) is 5.91 Å². The fourth-order valence-electron chi connectivity index (χ4n) is 1.59. The zero-order chi connectivity index (χ0) is 14.4. The summed E-state index contributed by atoms with van der Waals surface area (Å²) in [6, 6.07) is 5.36. The third kappa shape index (κ3) is 5.81. The van der Waals surface area contributed by atoms with Gasteiger partial charge in [0, 0.05) is 22.6 Å². The third-order valence-corrected chi connectivity index (χ3v) is 3.27. The van der Waals surface area contributed by atoms with Crippen LogP contribution in [0.15, 0.2) is 18.2 Å². The van der Waals surface area contributed by atoms with Crippen molar-refractivity contribution in [2.24, 2.45) is 5.92 Å². The van der Waals surface area contributed by atoms with Crippen LogP contribution in [0.1, 0.15) is 32.4 Å². The van der Waals surface area contributed by atoms with Crippen molar-refractivity contribution in [2.45, 2.75) is 26.8 Å². The van der Waals surface area contributed by atoms with E-state index in [0.717, 1.165) is 5.56 Å². The zero-order valence-electron chi connectivity index (χ0n) is 11.5. The van der Waals surface area contributed by atoms with Crippen molar-refractivity contribution in [2.75, 3.05) is 13.1 Å².